The number of benzene rings is 1. The van der Waals surface area contributed by atoms with Crippen LogP contribution in [0.1, 0.15) is 4.88 Å². The molecule has 1 aromatic carbocycles. The standard InChI is InChI=1S/C21H19N3O3S3/c1-27-15-6-4-14(5-7-15)22-18(25)13-30-21-23-17-9-12-29-19(17)20(26)24(21)10-8-16-3-2-11-28-16/h2-7,9,11-12H,8,10,13H2,1H3,(H,22,25). The van der Waals surface area contributed by atoms with Crippen LogP contribution in [-0.4, -0.2) is 28.3 Å². The summed E-state index contributed by atoms with van der Waals surface area (Å²) >= 11 is 4.34. The molecule has 0 bridgehead atoms. The third-order valence-electron chi connectivity index (χ3n) is 4.40. The maximum Gasteiger partial charge on any atom is 0.272 e. The second-order valence-electron chi connectivity index (χ2n) is 6.38. The Morgan fingerprint density at radius 2 is 2.00 bits per heavy atom. The normalized spacial score (nSPS) is 11.0. The van der Waals surface area contributed by atoms with Gasteiger partial charge in [0, 0.05) is 17.1 Å². The van der Waals surface area contributed by atoms with Gasteiger partial charge in [0.1, 0.15) is 10.4 Å². The third-order valence-corrected chi connectivity index (χ3v) is 7.20. The summed E-state index contributed by atoms with van der Waals surface area (Å²) in [5.74, 6) is 0.729. The van der Waals surface area contributed by atoms with Gasteiger partial charge >= 0.3 is 0 Å². The lowest BCUT2D eigenvalue weighted by Crippen LogP contribution is -2.24. The fraction of sp³-hybridized carbons (Fsp3) is 0.190. The Balaban J connectivity index is 1.49. The molecular weight excluding hydrogens is 438 g/mol. The number of fused-ring (bicyclic) bond motifs is 1. The van der Waals surface area contributed by atoms with Crippen LogP contribution in [0.25, 0.3) is 10.2 Å². The molecule has 0 unspecified atom stereocenters. The van der Waals surface area contributed by atoms with Crippen LogP contribution in [0, 0.1) is 0 Å². The number of hydrogen-bond donors (Lipinski definition) is 1. The van der Waals surface area contributed by atoms with Gasteiger partial charge in [0.2, 0.25) is 5.91 Å². The zero-order valence-corrected chi connectivity index (χ0v) is 18.6. The number of hydrogen-bond acceptors (Lipinski definition) is 7. The topological polar surface area (TPSA) is 73.2 Å². The molecule has 3 heterocycles. The maximum atomic E-state index is 13.0. The number of rotatable bonds is 8. The summed E-state index contributed by atoms with van der Waals surface area (Å²) in [4.78, 5) is 31.2. The molecular formula is C21H19N3O3S3. The Labute approximate surface area is 185 Å². The number of aryl methyl sites for hydroxylation is 1. The number of thioether (sulfide) groups is 1. The highest BCUT2D eigenvalue weighted by atomic mass is 32.2. The summed E-state index contributed by atoms with van der Waals surface area (Å²) in [6.07, 6.45) is 0.752. The Hall–Kier alpha value is -2.62. The van der Waals surface area contributed by atoms with Crippen molar-refractivity contribution in [3.05, 3.63) is 68.5 Å². The van der Waals surface area contributed by atoms with Crippen molar-refractivity contribution in [2.24, 2.45) is 0 Å². The first kappa shape index (κ1) is 20.6. The van der Waals surface area contributed by atoms with E-state index >= 15 is 0 Å². The summed E-state index contributed by atoms with van der Waals surface area (Å²) in [6, 6.07) is 13.0. The number of nitrogens with one attached hydrogen (secondary N) is 1. The second kappa shape index (κ2) is 9.46. The molecule has 0 radical (unpaired) electrons. The highest BCUT2D eigenvalue weighted by Gasteiger charge is 2.14. The molecule has 6 nitrogen and oxygen atoms in total. The number of anilines is 1. The van der Waals surface area contributed by atoms with Gasteiger partial charge in [-0.05, 0) is 53.6 Å². The molecule has 0 fully saturated rings. The number of carbonyl (C=O) groups is 1. The predicted molar refractivity (Wildman–Crippen MR) is 124 cm³/mol. The van der Waals surface area contributed by atoms with Gasteiger partial charge in [-0.1, -0.05) is 17.8 Å². The summed E-state index contributed by atoms with van der Waals surface area (Å²) in [5.41, 5.74) is 1.32. The monoisotopic (exact) mass is 457 g/mol. The van der Waals surface area contributed by atoms with Crippen molar-refractivity contribution in [1.82, 2.24) is 9.55 Å². The predicted octanol–water partition coefficient (Wildman–Crippen LogP) is 4.50. The minimum absolute atomic E-state index is 0.0513. The first-order valence-electron chi connectivity index (χ1n) is 9.21. The molecule has 0 aliphatic heterocycles. The zero-order chi connectivity index (χ0) is 20.9. The molecule has 0 saturated heterocycles. The van der Waals surface area contributed by atoms with Crippen LogP contribution in [0.15, 0.2) is 63.2 Å². The van der Waals surface area contributed by atoms with E-state index in [0.29, 0.717) is 27.6 Å². The van der Waals surface area contributed by atoms with E-state index in [1.165, 1.54) is 28.0 Å². The van der Waals surface area contributed by atoms with Crippen LogP contribution in [0.5, 0.6) is 5.75 Å². The number of ether oxygens (including phenoxy) is 1. The number of nitrogens with zero attached hydrogens (tertiary/aromatic N) is 2. The quantitative estimate of drug-likeness (QED) is 0.311. The lowest BCUT2D eigenvalue weighted by Gasteiger charge is -2.12. The summed E-state index contributed by atoms with van der Waals surface area (Å²) < 4.78 is 7.46. The molecule has 0 aliphatic carbocycles. The van der Waals surface area contributed by atoms with E-state index in [0.717, 1.165) is 12.2 Å². The molecule has 0 saturated carbocycles. The van der Waals surface area contributed by atoms with Gasteiger partial charge in [-0.25, -0.2) is 4.98 Å². The van der Waals surface area contributed by atoms with E-state index in [1.54, 1.807) is 47.3 Å². The molecule has 0 spiro atoms. The Bertz CT molecular complexity index is 1200. The fourth-order valence-corrected chi connectivity index (χ4v) is 5.21. The van der Waals surface area contributed by atoms with Crippen LogP contribution >= 0.6 is 34.4 Å². The second-order valence-corrected chi connectivity index (χ2v) is 9.27. The molecule has 0 aliphatic rings. The number of thiophene rings is 2. The summed E-state index contributed by atoms with van der Waals surface area (Å²) in [5, 5.41) is 7.31. The van der Waals surface area contributed by atoms with E-state index in [4.69, 9.17) is 4.74 Å². The van der Waals surface area contributed by atoms with Crippen LogP contribution in [0.3, 0.4) is 0 Å². The lowest BCUT2D eigenvalue weighted by atomic mass is 10.3. The van der Waals surface area contributed by atoms with E-state index in [9.17, 15) is 9.59 Å². The molecule has 30 heavy (non-hydrogen) atoms. The number of aromatic nitrogens is 2. The minimum Gasteiger partial charge on any atom is -0.497 e. The van der Waals surface area contributed by atoms with Gasteiger partial charge in [0.15, 0.2) is 5.16 Å². The van der Waals surface area contributed by atoms with E-state index in [-0.39, 0.29) is 17.2 Å². The molecule has 4 rings (SSSR count). The molecule has 0 atom stereocenters. The Morgan fingerprint density at radius 3 is 2.73 bits per heavy atom. The first-order valence-corrected chi connectivity index (χ1v) is 12.0. The number of amides is 1. The van der Waals surface area contributed by atoms with E-state index in [2.05, 4.69) is 16.4 Å². The van der Waals surface area contributed by atoms with Gasteiger partial charge < -0.3 is 10.1 Å². The van der Waals surface area contributed by atoms with Gasteiger partial charge in [0.05, 0.1) is 18.4 Å². The summed E-state index contributed by atoms with van der Waals surface area (Å²) in [6.45, 7) is 0.530. The van der Waals surface area contributed by atoms with Gasteiger partial charge in [-0.3, -0.25) is 14.2 Å². The summed E-state index contributed by atoms with van der Waals surface area (Å²) in [7, 11) is 1.60. The van der Waals surface area contributed by atoms with Crippen LogP contribution in [0.4, 0.5) is 5.69 Å². The van der Waals surface area contributed by atoms with Crippen molar-refractivity contribution in [2.75, 3.05) is 18.2 Å². The van der Waals surface area contributed by atoms with Crippen molar-refractivity contribution in [2.45, 2.75) is 18.1 Å². The number of carbonyl (C=O) groups excluding carboxylic acids is 1. The largest absolute Gasteiger partial charge is 0.497 e. The van der Waals surface area contributed by atoms with Crippen molar-refractivity contribution in [3.63, 3.8) is 0 Å². The average Bonchev–Trinajstić information content (AvgIpc) is 3.44. The van der Waals surface area contributed by atoms with Crippen molar-refractivity contribution in [1.29, 1.82) is 0 Å². The van der Waals surface area contributed by atoms with Crippen molar-refractivity contribution in [3.8, 4) is 5.75 Å². The van der Waals surface area contributed by atoms with Gasteiger partial charge in [0.25, 0.3) is 5.56 Å². The molecule has 1 amide bonds. The average molecular weight is 458 g/mol. The molecule has 154 valence electrons. The fourth-order valence-electron chi connectivity index (χ4n) is 2.91. The van der Waals surface area contributed by atoms with Gasteiger partial charge in [-0.2, -0.15) is 0 Å². The third kappa shape index (κ3) is 4.75. The molecule has 4 aromatic rings. The maximum absolute atomic E-state index is 13.0. The van der Waals surface area contributed by atoms with Crippen LogP contribution < -0.4 is 15.6 Å². The minimum atomic E-state index is -0.158. The van der Waals surface area contributed by atoms with Crippen molar-refractivity contribution < 1.29 is 9.53 Å². The van der Waals surface area contributed by atoms with Crippen molar-refractivity contribution >= 4 is 56.2 Å². The Kier molecular flexibility index (Phi) is 6.51. The smallest absolute Gasteiger partial charge is 0.272 e. The zero-order valence-electron chi connectivity index (χ0n) is 16.2. The van der Waals surface area contributed by atoms with Crippen LogP contribution in [-0.2, 0) is 17.8 Å². The number of methoxy groups -OCH3 is 1. The van der Waals surface area contributed by atoms with E-state index in [1.807, 2.05) is 22.9 Å². The first-order chi connectivity index (χ1) is 14.6. The SMILES string of the molecule is COc1ccc(NC(=O)CSc2nc3ccsc3c(=O)n2CCc2cccs2)cc1. The Morgan fingerprint density at radius 1 is 1.17 bits per heavy atom. The highest BCUT2D eigenvalue weighted by molar-refractivity contribution is 7.99. The molecule has 1 N–H and O–H groups in total. The van der Waals surface area contributed by atoms with Gasteiger partial charge in [-0.15, -0.1) is 22.7 Å². The highest BCUT2D eigenvalue weighted by Crippen LogP contribution is 2.22. The lowest BCUT2D eigenvalue weighted by molar-refractivity contribution is -0.113. The molecule has 3 aromatic heterocycles. The molecule has 9 heteroatoms. The van der Waals surface area contributed by atoms with E-state index < -0.39 is 0 Å². The van der Waals surface area contributed by atoms with Crippen LogP contribution in [0.2, 0.25) is 0 Å².